The van der Waals surface area contributed by atoms with E-state index in [0.29, 0.717) is 6.54 Å². The summed E-state index contributed by atoms with van der Waals surface area (Å²) in [5.74, 6) is 0.416. The Morgan fingerprint density at radius 2 is 1.80 bits per heavy atom. The topological polar surface area (TPSA) is 40.5 Å². The van der Waals surface area contributed by atoms with Crippen LogP contribution in [0, 0.1) is 5.92 Å². The fourth-order valence-corrected chi connectivity index (χ4v) is 3.63. The number of hydrogen-bond donors (Lipinski definition) is 1. The quantitative estimate of drug-likeness (QED) is 0.865. The molecule has 0 aromatic heterocycles. The number of halogens is 1. The molecule has 1 heterocycles. The molecule has 3 atom stereocenters. The highest BCUT2D eigenvalue weighted by Crippen LogP contribution is 2.36. The van der Waals surface area contributed by atoms with Crippen LogP contribution in [-0.2, 0) is 0 Å². The van der Waals surface area contributed by atoms with E-state index in [-0.39, 0.29) is 36.4 Å². The zero-order valence-corrected chi connectivity index (χ0v) is 12.4. The maximum absolute atomic E-state index is 12.6. The normalized spacial score (nSPS) is 29.2. The summed E-state index contributed by atoms with van der Waals surface area (Å²) < 4.78 is 0. The number of aliphatic hydroxyl groups is 1. The van der Waals surface area contributed by atoms with E-state index in [1.54, 1.807) is 0 Å². The Morgan fingerprint density at radius 3 is 2.55 bits per heavy atom. The zero-order valence-electron chi connectivity index (χ0n) is 11.6. The summed E-state index contributed by atoms with van der Waals surface area (Å²) in [5.41, 5.74) is 0.767. The molecule has 3 nitrogen and oxygen atoms in total. The first kappa shape index (κ1) is 15.3. The van der Waals surface area contributed by atoms with Crippen LogP contribution in [0.25, 0.3) is 0 Å². The summed E-state index contributed by atoms with van der Waals surface area (Å²) >= 11 is 0. The first-order valence-corrected chi connectivity index (χ1v) is 7.31. The van der Waals surface area contributed by atoms with Crippen LogP contribution < -0.4 is 0 Å². The van der Waals surface area contributed by atoms with Crippen molar-refractivity contribution in [2.24, 2.45) is 5.92 Å². The molecule has 2 aliphatic rings. The second kappa shape index (κ2) is 6.59. The van der Waals surface area contributed by atoms with Crippen LogP contribution in [0.2, 0.25) is 0 Å². The van der Waals surface area contributed by atoms with Gasteiger partial charge in [-0.3, -0.25) is 4.79 Å². The van der Waals surface area contributed by atoms with Crippen LogP contribution in [0.15, 0.2) is 30.3 Å². The molecule has 1 aliphatic carbocycles. The number of carbonyl (C=O) groups is 1. The third kappa shape index (κ3) is 2.84. The van der Waals surface area contributed by atoms with E-state index in [0.717, 1.165) is 24.8 Å². The van der Waals surface area contributed by atoms with Gasteiger partial charge in [0.25, 0.3) is 5.91 Å². The fraction of sp³-hybridized carbons (Fsp3) is 0.562. The van der Waals surface area contributed by atoms with Crippen molar-refractivity contribution in [1.29, 1.82) is 0 Å². The Kier molecular flexibility index (Phi) is 5.06. The van der Waals surface area contributed by atoms with Gasteiger partial charge in [-0.05, 0) is 31.4 Å². The smallest absolute Gasteiger partial charge is 0.254 e. The van der Waals surface area contributed by atoms with Crippen molar-refractivity contribution in [2.45, 2.75) is 44.2 Å². The molecule has 0 spiro atoms. The lowest BCUT2D eigenvalue weighted by atomic mass is 9.76. The number of likely N-dealkylation sites (tertiary alicyclic amines) is 1. The van der Waals surface area contributed by atoms with Gasteiger partial charge in [-0.25, -0.2) is 0 Å². The molecule has 1 aromatic carbocycles. The van der Waals surface area contributed by atoms with Crippen molar-refractivity contribution in [2.75, 3.05) is 6.54 Å². The number of carbonyl (C=O) groups excluding carboxylic acids is 1. The minimum atomic E-state index is -0.217. The Hall–Kier alpha value is -1.06. The average Bonchev–Trinajstić information content (AvgIpc) is 2.48. The molecule has 4 heteroatoms. The van der Waals surface area contributed by atoms with E-state index in [4.69, 9.17) is 0 Å². The third-order valence-electron chi connectivity index (χ3n) is 4.62. The van der Waals surface area contributed by atoms with E-state index in [2.05, 4.69) is 0 Å². The molecular formula is C16H22ClNO2. The van der Waals surface area contributed by atoms with Crippen molar-refractivity contribution in [3.63, 3.8) is 0 Å². The number of hydrogen-bond acceptors (Lipinski definition) is 2. The van der Waals surface area contributed by atoms with E-state index >= 15 is 0 Å². The summed E-state index contributed by atoms with van der Waals surface area (Å²) in [7, 11) is 0. The molecule has 1 aliphatic heterocycles. The highest BCUT2D eigenvalue weighted by atomic mass is 35.5. The van der Waals surface area contributed by atoms with E-state index in [1.165, 1.54) is 12.8 Å². The average molecular weight is 296 g/mol. The Balaban J connectivity index is 0.00000147. The van der Waals surface area contributed by atoms with Gasteiger partial charge in [0.1, 0.15) is 0 Å². The van der Waals surface area contributed by atoms with Crippen LogP contribution >= 0.6 is 12.4 Å². The molecule has 1 aromatic rings. The number of benzene rings is 1. The maximum atomic E-state index is 12.6. The molecule has 3 rings (SSSR count). The Morgan fingerprint density at radius 1 is 1.10 bits per heavy atom. The summed E-state index contributed by atoms with van der Waals surface area (Å²) in [4.78, 5) is 14.6. The molecule has 110 valence electrons. The monoisotopic (exact) mass is 295 g/mol. The molecule has 0 bridgehead atoms. The van der Waals surface area contributed by atoms with Crippen LogP contribution in [0.3, 0.4) is 0 Å². The van der Waals surface area contributed by atoms with E-state index in [1.807, 2.05) is 35.2 Å². The molecule has 1 N–H and O–H groups in total. The molecular weight excluding hydrogens is 274 g/mol. The van der Waals surface area contributed by atoms with Gasteiger partial charge < -0.3 is 10.0 Å². The highest BCUT2D eigenvalue weighted by Gasteiger charge is 2.40. The van der Waals surface area contributed by atoms with Crippen LogP contribution in [0.1, 0.15) is 42.5 Å². The van der Waals surface area contributed by atoms with Crippen molar-refractivity contribution >= 4 is 18.3 Å². The van der Waals surface area contributed by atoms with Crippen molar-refractivity contribution in [3.8, 4) is 0 Å². The number of aliphatic hydroxyl groups excluding tert-OH is 1. The van der Waals surface area contributed by atoms with E-state index < -0.39 is 0 Å². The first-order chi connectivity index (χ1) is 9.27. The number of nitrogens with zero attached hydrogens (tertiary/aromatic N) is 1. The molecule has 20 heavy (non-hydrogen) atoms. The lowest BCUT2D eigenvalue weighted by molar-refractivity contribution is -0.0262. The van der Waals surface area contributed by atoms with Gasteiger partial charge in [0, 0.05) is 24.1 Å². The van der Waals surface area contributed by atoms with Crippen molar-refractivity contribution in [3.05, 3.63) is 35.9 Å². The fourth-order valence-electron chi connectivity index (χ4n) is 3.63. The predicted octanol–water partition coefficient (Wildman–Crippen LogP) is 2.87. The first-order valence-electron chi connectivity index (χ1n) is 7.31. The number of amides is 1. The lowest BCUT2D eigenvalue weighted by Gasteiger charge is -2.46. The van der Waals surface area contributed by atoms with Crippen molar-refractivity contribution in [1.82, 2.24) is 4.90 Å². The van der Waals surface area contributed by atoms with Crippen LogP contribution in [-0.4, -0.2) is 34.6 Å². The Labute approximate surface area is 126 Å². The van der Waals surface area contributed by atoms with Crippen LogP contribution in [0.5, 0.6) is 0 Å². The van der Waals surface area contributed by atoms with Crippen molar-refractivity contribution < 1.29 is 9.90 Å². The largest absolute Gasteiger partial charge is 0.393 e. The Bertz CT molecular complexity index is 451. The van der Waals surface area contributed by atoms with Gasteiger partial charge in [0.15, 0.2) is 0 Å². The lowest BCUT2D eigenvalue weighted by Crippen LogP contribution is -2.54. The van der Waals surface area contributed by atoms with Gasteiger partial charge in [0.05, 0.1) is 6.10 Å². The molecule has 1 saturated heterocycles. The van der Waals surface area contributed by atoms with Gasteiger partial charge in [-0.15, -0.1) is 12.4 Å². The zero-order chi connectivity index (χ0) is 13.2. The molecule has 0 unspecified atom stereocenters. The predicted molar refractivity (Wildman–Crippen MR) is 81.1 cm³/mol. The van der Waals surface area contributed by atoms with Crippen LogP contribution in [0.4, 0.5) is 0 Å². The second-order valence-corrected chi connectivity index (χ2v) is 5.74. The second-order valence-electron chi connectivity index (χ2n) is 5.74. The number of fused-ring (bicyclic) bond motifs is 1. The highest BCUT2D eigenvalue weighted by molar-refractivity contribution is 5.94. The molecule has 2 fully saturated rings. The van der Waals surface area contributed by atoms with Gasteiger partial charge in [0.2, 0.25) is 0 Å². The van der Waals surface area contributed by atoms with Gasteiger partial charge in [-0.1, -0.05) is 31.0 Å². The summed E-state index contributed by atoms with van der Waals surface area (Å²) in [6, 6.07) is 9.75. The summed E-state index contributed by atoms with van der Waals surface area (Å²) in [6.45, 7) is 0.691. The molecule has 1 amide bonds. The molecule has 0 radical (unpaired) electrons. The third-order valence-corrected chi connectivity index (χ3v) is 4.62. The maximum Gasteiger partial charge on any atom is 0.254 e. The minimum absolute atomic E-state index is 0. The summed E-state index contributed by atoms with van der Waals surface area (Å²) in [6.07, 6.45) is 4.97. The number of rotatable bonds is 1. The molecule has 1 saturated carbocycles. The number of piperidine rings is 1. The minimum Gasteiger partial charge on any atom is -0.393 e. The van der Waals surface area contributed by atoms with E-state index in [9.17, 15) is 9.90 Å². The van der Waals surface area contributed by atoms with Gasteiger partial charge in [-0.2, -0.15) is 0 Å². The summed E-state index contributed by atoms with van der Waals surface area (Å²) in [5, 5.41) is 10.1. The standard InChI is InChI=1S/C16H21NO2.ClH/c18-15-10-11-17(14-9-5-4-8-13(14)15)16(19)12-6-2-1-3-7-12;/h1-3,6-7,13-15,18H,4-5,8-11H2;1H/t13-,14-,15+;/m1./s1. The SMILES string of the molecule is Cl.O=C(c1ccccc1)N1CC[C@H](O)[C@@H]2CCCC[C@H]21. The van der Waals surface area contributed by atoms with Gasteiger partial charge >= 0.3 is 0 Å².